The first-order valence-electron chi connectivity index (χ1n) is 9.54. The van der Waals surface area contributed by atoms with Gasteiger partial charge in [0.15, 0.2) is 5.71 Å². The highest BCUT2D eigenvalue weighted by Crippen LogP contribution is 2.32. The van der Waals surface area contributed by atoms with E-state index in [1.807, 2.05) is 6.07 Å². The molecular weight excluding hydrogens is 423 g/mol. The Morgan fingerprint density at radius 1 is 1.16 bits per heavy atom. The zero-order valence-corrected chi connectivity index (χ0v) is 17.1. The lowest BCUT2D eigenvalue weighted by atomic mass is 10.0. The Morgan fingerprint density at radius 2 is 1.94 bits per heavy atom. The van der Waals surface area contributed by atoms with E-state index in [1.54, 1.807) is 42.4 Å². The van der Waals surface area contributed by atoms with Gasteiger partial charge in [-0.15, -0.1) is 0 Å². The van der Waals surface area contributed by atoms with Crippen molar-refractivity contribution in [2.45, 2.75) is 12.7 Å². The predicted octanol–water partition coefficient (Wildman–Crippen LogP) is 4.49. The van der Waals surface area contributed by atoms with Gasteiger partial charge < -0.3 is 15.0 Å². The number of halogens is 3. The number of nitrogens with one attached hydrogen (secondary N) is 2. The Morgan fingerprint density at radius 3 is 2.66 bits per heavy atom. The summed E-state index contributed by atoms with van der Waals surface area (Å²) in [5.41, 5.74) is 0.963. The van der Waals surface area contributed by atoms with Gasteiger partial charge in [-0.2, -0.15) is 13.2 Å². The minimum absolute atomic E-state index is 0.0199. The summed E-state index contributed by atoms with van der Waals surface area (Å²) >= 11 is 0. The molecule has 1 amide bonds. The van der Waals surface area contributed by atoms with Crippen LogP contribution in [-0.4, -0.2) is 46.8 Å². The maximum atomic E-state index is 12.9. The fourth-order valence-electron chi connectivity index (χ4n) is 3.42. The standard InChI is InChI=1S/C22H18F3N5O2/c1-27-18-9-15(10-29-19(18)20(26)22(23,24)25)32-14-5-6-28-17(8-14)12-3-4-16-13(7-12)11-30(2)21(16)31/h3-10,26-27H,11H2,1-2H3. The number of anilines is 1. The zero-order chi connectivity index (χ0) is 23.0. The highest BCUT2D eigenvalue weighted by atomic mass is 19.4. The summed E-state index contributed by atoms with van der Waals surface area (Å²) in [6.45, 7) is 0.524. The van der Waals surface area contributed by atoms with Gasteiger partial charge in [0.05, 0.1) is 17.6 Å². The molecule has 0 radical (unpaired) electrons. The van der Waals surface area contributed by atoms with Crippen molar-refractivity contribution in [1.82, 2.24) is 14.9 Å². The number of benzene rings is 1. The second kappa shape index (κ2) is 7.95. The van der Waals surface area contributed by atoms with E-state index in [4.69, 9.17) is 10.1 Å². The maximum Gasteiger partial charge on any atom is 0.434 e. The number of fused-ring (bicyclic) bond motifs is 1. The molecule has 7 nitrogen and oxygen atoms in total. The van der Waals surface area contributed by atoms with Gasteiger partial charge in [0.25, 0.3) is 5.91 Å². The van der Waals surface area contributed by atoms with Crippen LogP contribution in [0.15, 0.2) is 48.8 Å². The van der Waals surface area contributed by atoms with E-state index in [0.717, 1.165) is 17.3 Å². The molecule has 0 atom stereocenters. The summed E-state index contributed by atoms with van der Waals surface area (Å²) in [7, 11) is 3.18. The number of hydrogen-bond donors (Lipinski definition) is 2. The fourth-order valence-corrected chi connectivity index (χ4v) is 3.42. The number of rotatable bonds is 5. The van der Waals surface area contributed by atoms with Crippen molar-refractivity contribution in [3.05, 3.63) is 65.6 Å². The minimum atomic E-state index is -4.81. The van der Waals surface area contributed by atoms with E-state index in [2.05, 4.69) is 15.3 Å². The Balaban J connectivity index is 1.60. The van der Waals surface area contributed by atoms with Crippen molar-refractivity contribution in [1.29, 1.82) is 5.41 Å². The van der Waals surface area contributed by atoms with Crippen LogP contribution < -0.4 is 10.1 Å². The second-order valence-corrected chi connectivity index (χ2v) is 7.20. The maximum absolute atomic E-state index is 12.9. The third-order valence-electron chi connectivity index (χ3n) is 5.00. The van der Waals surface area contributed by atoms with Crippen molar-refractivity contribution in [2.24, 2.45) is 0 Å². The van der Waals surface area contributed by atoms with E-state index in [9.17, 15) is 18.0 Å². The molecule has 1 aliphatic rings. The van der Waals surface area contributed by atoms with Crippen LogP contribution in [-0.2, 0) is 6.54 Å². The number of amides is 1. The van der Waals surface area contributed by atoms with Crippen molar-refractivity contribution in [3.63, 3.8) is 0 Å². The Bertz CT molecular complexity index is 1230. The van der Waals surface area contributed by atoms with Crippen LogP contribution in [0.5, 0.6) is 11.5 Å². The van der Waals surface area contributed by atoms with Gasteiger partial charge in [-0.3, -0.25) is 15.2 Å². The monoisotopic (exact) mass is 441 g/mol. The van der Waals surface area contributed by atoms with E-state index in [-0.39, 0.29) is 17.3 Å². The van der Waals surface area contributed by atoms with Crippen molar-refractivity contribution < 1.29 is 22.7 Å². The van der Waals surface area contributed by atoms with Crippen LogP contribution in [0.4, 0.5) is 18.9 Å². The number of nitrogens with zero attached hydrogens (tertiary/aromatic N) is 3. The van der Waals surface area contributed by atoms with E-state index >= 15 is 0 Å². The second-order valence-electron chi connectivity index (χ2n) is 7.20. The molecule has 0 spiro atoms. The van der Waals surface area contributed by atoms with Gasteiger partial charge in [0.2, 0.25) is 0 Å². The Hall–Kier alpha value is -3.95. The largest absolute Gasteiger partial charge is 0.456 e. The van der Waals surface area contributed by atoms with Crippen molar-refractivity contribution in [2.75, 3.05) is 19.4 Å². The lowest BCUT2D eigenvalue weighted by Crippen LogP contribution is -2.24. The van der Waals surface area contributed by atoms with Crippen LogP contribution in [0, 0.1) is 5.41 Å². The topological polar surface area (TPSA) is 91.2 Å². The first kappa shape index (κ1) is 21.3. The summed E-state index contributed by atoms with van der Waals surface area (Å²) in [5.74, 6) is 0.587. The number of ether oxygens (including phenoxy) is 1. The van der Waals surface area contributed by atoms with Gasteiger partial charge >= 0.3 is 6.18 Å². The number of alkyl halides is 3. The lowest BCUT2D eigenvalue weighted by Gasteiger charge is -2.14. The SMILES string of the molecule is CNc1cc(Oc2ccnc(-c3ccc4c(c3)CN(C)C4=O)c2)cnc1C(=N)C(F)(F)F. The average molecular weight is 441 g/mol. The molecule has 10 heteroatoms. The first-order chi connectivity index (χ1) is 15.2. The molecule has 164 valence electrons. The summed E-state index contributed by atoms with van der Waals surface area (Å²) in [5, 5.41) is 9.93. The number of carbonyl (C=O) groups is 1. The summed E-state index contributed by atoms with van der Waals surface area (Å²) < 4.78 is 44.4. The van der Waals surface area contributed by atoms with E-state index in [0.29, 0.717) is 23.6 Å². The molecule has 1 aliphatic heterocycles. The Kier molecular flexibility index (Phi) is 5.29. The van der Waals surface area contributed by atoms with Crippen LogP contribution in [0.25, 0.3) is 11.3 Å². The molecule has 0 bridgehead atoms. The molecule has 0 fully saturated rings. The molecular formula is C22H18F3N5O2. The predicted molar refractivity (Wildman–Crippen MR) is 112 cm³/mol. The third-order valence-corrected chi connectivity index (χ3v) is 5.00. The zero-order valence-electron chi connectivity index (χ0n) is 17.1. The number of aromatic nitrogens is 2. The Labute approximate surface area is 181 Å². The highest BCUT2D eigenvalue weighted by molar-refractivity contribution is 6.05. The van der Waals surface area contributed by atoms with Crippen LogP contribution in [0.1, 0.15) is 21.6 Å². The molecule has 2 aromatic heterocycles. The number of carbonyl (C=O) groups excluding carboxylic acids is 1. The van der Waals surface area contributed by atoms with Crippen molar-refractivity contribution in [3.8, 4) is 22.8 Å². The average Bonchev–Trinajstić information content (AvgIpc) is 3.05. The molecule has 4 rings (SSSR count). The molecule has 3 aromatic rings. The molecule has 3 heterocycles. The molecule has 0 unspecified atom stereocenters. The van der Waals surface area contributed by atoms with Gasteiger partial charge in [0.1, 0.15) is 17.2 Å². The van der Waals surface area contributed by atoms with Crippen LogP contribution in [0.3, 0.4) is 0 Å². The van der Waals surface area contributed by atoms with Gasteiger partial charge in [-0.25, -0.2) is 4.98 Å². The quantitative estimate of drug-likeness (QED) is 0.569. The smallest absolute Gasteiger partial charge is 0.434 e. The summed E-state index contributed by atoms with van der Waals surface area (Å²) in [4.78, 5) is 21.8. The van der Waals surface area contributed by atoms with Crippen molar-refractivity contribution >= 4 is 17.3 Å². The van der Waals surface area contributed by atoms with E-state index < -0.39 is 17.6 Å². The normalized spacial score (nSPS) is 13.2. The highest BCUT2D eigenvalue weighted by Gasteiger charge is 2.37. The first-order valence-corrected chi connectivity index (χ1v) is 9.54. The third kappa shape index (κ3) is 3.98. The molecule has 32 heavy (non-hydrogen) atoms. The molecule has 1 aromatic carbocycles. The minimum Gasteiger partial charge on any atom is -0.456 e. The molecule has 0 saturated heterocycles. The van der Waals surface area contributed by atoms with Crippen LogP contribution >= 0.6 is 0 Å². The number of pyridine rings is 2. The number of hydrogen-bond acceptors (Lipinski definition) is 6. The molecule has 2 N–H and O–H groups in total. The summed E-state index contributed by atoms with van der Waals surface area (Å²) in [6.07, 6.45) is -2.13. The molecule has 0 aliphatic carbocycles. The summed E-state index contributed by atoms with van der Waals surface area (Å²) in [6, 6.07) is 10.1. The van der Waals surface area contributed by atoms with Gasteiger partial charge in [-0.05, 0) is 23.8 Å². The van der Waals surface area contributed by atoms with Crippen LogP contribution in [0.2, 0.25) is 0 Å². The lowest BCUT2D eigenvalue weighted by molar-refractivity contribution is -0.0589. The molecule has 0 saturated carbocycles. The van der Waals surface area contributed by atoms with Gasteiger partial charge in [0, 0.05) is 50.1 Å². The fraction of sp³-hybridized carbons (Fsp3) is 0.182. The van der Waals surface area contributed by atoms with E-state index in [1.165, 1.54) is 13.1 Å². The van der Waals surface area contributed by atoms with Gasteiger partial charge in [-0.1, -0.05) is 6.07 Å².